The van der Waals surface area contributed by atoms with E-state index in [1.807, 2.05) is 0 Å². The fraction of sp³-hybridized carbons (Fsp3) is 0.923. The zero-order chi connectivity index (χ0) is 11.8. The molecule has 0 heterocycles. The maximum Gasteiger partial charge on any atom is 0.240 e. The molecular weight excluding hydrogens is 200 g/mol. The Hall–Kier alpha value is -0.570. The molecule has 2 saturated carbocycles. The van der Waals surface area contributed by atoms with Crippen LogP contribution in [-0.2, 0) is 4.79 Å². The zero-order valence-corrected chi connectivity index (χ0v) is 10.5. The molecule has 0 unspecified atom stereocenters. The third-order valence-corrected chi connectivity index (χ3v) is 4.37. The van der Waals surface area contributed by atoms with Gasteiger partial charge in [-0.2, -0.15) is 0 Å². The fourth-order valence-corrected chi connectivity index (χ4v) is 2.66. The van der Waals surface area contributed by atoms with Gasteiger partial charge in [0.05, 0.1) is 5.54 Å². The van der Waals surface area contributed by atoms with Crippen molar-refractivity contribution in [2.24, 2.45) is 11.1 Å². The number of nitrogens with one attached hydrogen (secondary N) is 1. The van der Waals surface area contributed by atoms with E-state index in [1.165, 1.54) is 12.8 Å². The molecule has 1 amide bonds. The molecule has 0 aromatic carbocycles. The molecule has 3 N–H and O–H groups in total. The number of rotatable bonds is 2. The number of amides is 1. The predicted octanol–water partition coefficient (Wildman–Crippen LogP) is 1.95. The second kappa shape index (κ2) is 4.02. The van der Waals surface area contributed by atoms with Gasteiger partial charge in [-0.3, -0.25) is 4.79 Å². The van der Waals surface area contributed by atoms with Crippen molar-refractivity contribution in [2.75, 3.05) is 0 Å². The van der Waals surface area contributed by atoms with Crippen LogP contribution >= 0.6 is 0 Å². The zero-order valence-electron chi connectivity index (χ0n) is 10.5. The van der Waals surface area contributed by atoms with Gasteiger partial charge in [-0.15, -0.1) is 0 Å². The first kappa shape index (κ1) is 11.9. The molecule has 2 rings (SSSR count). The number of nitrogens with two attached hydrogens (primary N) is 1. The van der Waals surface area contributed by atoms with Crippen molar-refractivity contribution in [1.82, 2.24) is 5.32 Å². The topological polar surface area (TPSA) is 55.1 Å². The number of carbonyl (C=O) groups excluding carboxylic acids is 1. The second-order valence-electron chi connectivity index (χ2n) is 6.42. The highest BCUT2D eigenvalue weighted by molar-refractivity contribution is 5.87. The van der Waals surface area contributed by atoms with Gasteiger partial charge in [-0.25, -0.2) is 0 Å². The van der Waals surface area contributed by atoms with Crippen molar-refractivity contribution >= 4 is 5.91 Å². The Labute approximate surface area is 98.2 Å². The van der Waals surface area contributed by atoms with Gasteiger partial charge in [-0.1, -0.05) is 13.8 Å². The summed E-state index contributed by atoms with van der Waals surface area (Å²) in [6.45, 7) is 4.61. The van der Waals surface area contributed by atoms with Gasteiger partial charge in [0.25, 0.3) is 0 Å². The van der Waals surface area contributed by atoms with Crippen molar-refractivity contribution in [2.45, 2.75) is 70.4 Å². The van der Waals surface area contributed by atoms with Crippen molar-refractivity contribution < 1.29 is 4.79 Å². The normalized spacial score (nSPS) is 28.2. The van der Waals surface area contributed by atoms with E-state index >= 15 is 0 Å². The SMILES string of the molecule is CC1(C)CCC(NC(=O)C2(N)CCC2)CC1. The van der Waals surface area contributed by atoms with Crippen molar-refractivity contribution in [1.29, 1.82) is 0 Å². The predicted molar refractivity (Wildman–Crippen MR) is 64.9 cm³/mol. The molecular formula is C13H24N2O. The van der Waals surface area contributed by atoms with Crippen LogP contribution in [0.15, 0.2) is 0 Å². The average molecular weight is 224 g/mol. The Balaban J connectivity index is 1.80. The highest BCUT2D eigenvalue weighted by Gasteiger charge is 2.41. The summed E-state index contributed by atoms with van der Waals surface area (Å²) in [6, 6.07) is 0.363. The lowest BCUT2D eigenvalue weighted by atomic mass is 9.74. The van der Waals surface area contributed by atoms with Gasteiger partial charge >= 0.3 is 0 Å². The first-order valence-corrected chi connectivity index (χ1v) is 6.51. The van der Waals surface area contributed by atoms with Crippen LogP contribution in [0.1, 0.15) is 58.8 Å². The third kappa shape index (κ3) is 2.40. The molecule has 0 saturated heterocycles. The van der Waals surface area contributed by atoms with Gasteiger partial charge < -0.3 is 11.1 Å². The standard InChI is InChI=1S/C13H24N2O/c1-12(2)8-4-10(5-9-12)15-11(16)13(14)6-3-7-13/h10H,3-9,14H2,1-2H3,(H,15,16). The van der Waals surface area contributed by atoms with Crippen molar-refractivity contribution in [3.63, 3.8) is 0 Å². The molecule has 2 fully saturated rings. The average Bonchev–Trinajstić information content (AvgIpc) is 2.17. The Morgan fingerprint density at radius 1 is 1.19 bits per heavy atom. The molecule has 0 aliphatic heterocycles. The minimum atomic E-state index is -0.535. The fourth-order valence-electron chi connectivity index (χ4n) is 2.66. The van der Waals surface area contributed by atoms with Crippen LogP contribution in [0.3, 0.4) is 0 Å². The van der Waals surface area contributed by atoms with Crippen LogP contribution in [0, 0.1) is 5.41 Å². The van der Waals surface area contributed by atoms with E-state index in [1.54, 1.807) is 0 Å². The summed E-state index contributed by atoms with van der Waals surface area (Å²) >= 11 is 0. The molecule has 0 aromatic rings. The summed E-state index contributed by atoms with van der Waals surface area (Å²) in [5.41, 5.74) is 5.93. The van der Waals surface area contributed by atoms with E-state index in [4.69, 9.17) is 5.73 Å². The maximum absolute atomic E-state index is 11.9. The number of hydrogen-bond donors (Lipinski definition) is 2. The van der Waals surface area contributed by atoms with E-state index in [-0.39, 0.29) is 5.91 Å². The lowest BCUT2D eigenvalue weighted by Crippen LogP contribution is -2.60. The van der Waals surface area contributed by atoms with Gasteiger partial charge in [0, 0.05) is 6.04 Å². The highest BCUT2D eigenvalue weighted by Crippen LogP contribution is 2.36. The Bertz CT molecular complexity index is 272. The van der Waals surface area contributed by atoms with E-state index in [9.17, 15) is 4.79 Å². The molecule has 92 valence electrons. The summed E-state index contributed by atoms with van der Waals surface area (Å²) in [4.78, 5) is 11.9. The molecule has 2 aliphatic rings. The quantitative estimate of drug-likeness (QED) is 0.753. The largest absolute Gasteiger partial charge is 0.352 e. The van der Waals surface area contributed by atoms with Gasteiger partial charge in [0.2, 0.25) is 5.91 Å². The molecule has 3 nitrogen and oxygen atoms in total. The van der Waals surface area contributed by atoms with E-state index in [2.05, 4.69) is 19.2 Å². The summed E-state index contributed by atoms with van der Waals surface area (Å²) in [5, 5.41) is 3.14. The molecule has 3 heteroatoms. The first-order valence-electron chi connectivity index (χ1n) is 6.51. The highest BCUT2D eigenvalue weighted by atomic mass is 16.2. The minimum absolute atomic E-state index is 0.0865. The van der Waals surface area contributed by atoms with E-state index < -0.39 is 5.54 Å². The van der Waals surface area contributed by atoms with Gasteiger partial charge in [0.1, 0.15) is 0 Å². The molecule has 0 radical (unpaired) electrons. The summed E-state index contributed by atoms with van der Waals surface area (Å²) < 4.78 is 0. The van der Waals surface area contributed by atoms with Crippen LogP contribution < -0.4 is 11.1 Å². The lowest BCUT2D eigenvalue weighted by molar-refractivity contribution is -0.130. The monoisotopic (exact) mass is 224 g/mol. The van der Waals surface area contributed by atoms with Gasteiger partial charge in [0.15, 0.2) is 0 Å². The molecule has 0 bridgehead atoms. The second-order valence-corrected chi connectivity index (χ2v) is 6.42. The molecule has 16 heavy (non-hydrogen) atoms. The molecule has 0 atom stereocenters. The third-order valence-electron chi connectivity index (χ3n) is 4.37. The summed E-state index contributed by atoms with van der Waals surface area (Å²) in [7, 11) is 0. The van der Waals surface area contributed by atoms with Crippen LogP contribution in [0.4, 0.5) is 0 Å². The summed E-state index contributed by atoms with van der Waals surface area (Å²) in [6.07, 6.45) is 7.43. The van der Waals surface area contributed by atoms with E-state index in [0.717, 1.165) is 32.1 Å². The maximum atomic E-state index is 11.9. The molecule has 0 aromatic heterocycles. The summed E-state index contributed by atoms with van der Waals surface area (Å²) in [5.74, 6) is 0.0865. The van der Waals surface area contributed by atoms with E-state index in [0.29, 0.717) is 11.5 Å². The van der Waals surface area contributed by atoms with Crippen LogP contribution in [-0.4, -0.2) is 17.5 Å². The van der Waals surface area contributed by atoms with Crippen molar-refractivity contribution in [3.05, 3.63) is 0 Å². The molecule has 2 aliphatic carbocycles. The lowest BCUT2D eigenvalue weighted by Gasteiger charge is -2.40. The number of carbonyl (C=O) groups is 1. The Morgan fingerprint density at radius 2 is 1.75 bits per heavy atom. The smallest absolute Gasteiger partial charge is 0.240 e. The minimum Gasteiger partial charge on any atom is -0.352 e. The van der Waals surface area contributed by atoms with Gasteiger partial charge in [-0.05, 0) is 50.4 Å². The van der Waals surface area contributed by atoms with Crippen molar-refractivity contribution in [3.8, 4) is 0 Å². The number of hydrogen-bond acceptors (Lipinski definition) is 2. The van der Waals surface area contributed by atoms with Crippen LogP contribution in [0.5, 0.6) is 0 Å². The molecule has 0 spiro atoms. The Kier molecular flexibility index (Phi) is 2.99. The van der Waals surface area contributed by atoms with Crippen LogP contribution in [0.2, 0.25) is 0 Å². The Morgan fingerprint density at radius 3 is 2.19 bits per heavy atom. The van der Waals surface area contributed by atoms with Crippen LogP contribution in [0.25, 0.3) is 0 Å². The first-order chi connectivity index (χ1) is 7.41.